The predicted molar refractivity (Wildman–Crippen MR) is 68.6 cm³/mol. The molecule has 0 fully saturated rings. The number of aliphatic carboxylic acids is 2. The Balaban J connectivity index is 2.80. The van der Waals surface area contributed by atoms with Crippen LogP contribution >= 0.6 is 0 Å². The van der Waals surface area contributed by atoms with E-state index in [-0.39, 0.29) is 24.2 Å². The standard InChI is InChI=1S/C13H15NO6/c1-7-2-3-8(10(15)6-7)12(18)14-9(13(19)20)4-5-11(16)17/h2-3,6,9,15H,4-5H2,1H3,(H,14,18)(H,16,17)(H,19,20)/t9-/m0/s1. The first-order valence-corrected chi connectivity index (χ1v) is 5.86. The molecule has 0 saturated heterocycles. The van der Waals surface area contributed by atoms with Crippen LogP contribution < -0.4 is 5.32 Å². The van der Waals surface area contributed by atoms with E-state index in [2.05, 4.69) is 5.32 Å². The number of carbonyl (C=O) groups is 3. The smallest absolute Gasteiger partial charge is 0.326 e. The van der Waals surface area contributed by atoms with Crippen LogP contribution in [0.1, 0.15) is 28.8 Å². The first kappa shape index (κ1) is 15.5. The third-order valence-corrected chi connectivity index (χ3v) is 2.65. The van der Waals surface area contributed by atoms with Gasteiger partial charge in [-0.15, -0.1) is 0 Å². The van der Waals surface area contributed by atoms with Crippen molar-refractivity contribution in [3.05, 3.63) is 29.3 Å². The van der Waals surface area contributed by atoms with Crippen molar-refractivity contribution >= 4 is 17.8 Å². The van der Waals surface area contributed by atoms with Gasteiger partial charge in [0.1, 0.15) is 11.8 Å². The van der Waals surface area contributed by atoms with Gasteiger partial charge in [0.25, 0.3) is 5.91 Å². The lowest BCUT2D eigenvalue weighted by Gasteiger charge is -2.14. The van der Waals surface area contributed by atoms with Crippen molar-refractivity contribution in [2.75, 3.05) is 0 Å². The molecular formula is C13H15NO6. The highest BCUT2D eigenvalue weighted by atomic mass is 16.4. The fourth-order valence-electron chi connectivity index (χ4n) is 1.59. The molecule has 4 N–H and O–H groups in total. The first-order valence-electron chi connectivity index (χ1n) is 5.86. The van der Waals surface area contributed by atoms with Crippen molar-refractivity contribution in [1.82, 2.24) is 5.32 Å². The minimum Gasteiger partial charge on any atom is -0.507 e. The minimum absolute atomic E-state index is 0.0582. The number of phenolic OH excluding ortho intramolecular Hbond substituents is 1. The van der Waals surface area contributed by atoms with Crippen LogP contribution in [0, 0.1) is 6.92 Å². The Hall–Kier alpha value is -2.57. The molecule has 1 amide bonds. The van der Waals surface area contributed by atoms with E-state index in [1.54, 1.807) is 13.0 Å². The summed E-state index contributed by atoms with van der Waals surface area (Å²) in [5.74, 6) is -3.50. The van der Waals surface area contributed by atoms with Crippen molar-refractivity contribution in [3.8, 4) is 5.75 Å². The molecule has 0 bridgehead atoms. The normalized spacial score (nSPS) is 11.7. The summed E-state index contributed by atoms with van der Waals surface area (Å²) in [5.41, 5.74) is 0.692. The topological polar surface area (TPSA) is 124 Å². The summed E-state index contributed by atoms with van der Waals surface area (Å²) in [6.07, 6.45) is -0.611. The molecule has 1 aromatic rings. The van der Waals surface area contributed by atoms with Gasteiger partial charge in [-0.3, -0.25) is 9.59 Å². The highest BCUT2D eigenvalue weighted by Crippen LogP contribution is 2.18. The van der Waals surface area contributed by atoms with Gasteiger partial charge in [0, 0.05) is 6.42 Å². The number of carbonyl (C=O) groups excluding carboxylic acids is 1. The average Bonchev–Trinajstić information content (AvgIpc) is 2.33. The molecule has 0 radical (unpaired) electrons. The second-order valence-corrected chi connectivity index (χ2v) is 4.32. The van der Waals surface area contributed by atoms with Crippen LogP contribution in [0.2, 0.25) is 0 Å². The van der Waals surface area contributed by atoms with Crippen LogP contribution in [0.25, 0.3) is 0 Å². The number of hydrogen-bond acceptors (Lipinski definition) is 4. The number of carboxylic acids is 2. The van der Waals surface area contributed by atoms with E-state index >= 15 is 0 Å². The molecule has 0 aliphatic rings. The zero-order valence-electron chi connectivity index (χ0n) is 10.8. The van der Waals surface area contributed by atoms with Crippen molar-refractivity contribution in [3.63, 3.8) is 0 Å². The van der Waals surface area contributed by atoms with Gasteiger partial charge in [-0.25, -0.2) is 4.79 Å². The number of amides is 1. The van der Waals surface area contributed by atoms with Crippen LogP contribution in [-0.4, -0.2) is 39.2 Å². The maximum atomic E-state index is 11.9. The molecule has 0 aliphatic carbocycles. The Morgan fingerprint density at radius 2 is 1.90 bits per heavy atom. The first-order chi connectivity index (χ1) is 9.31. The Bertz CT molecular complexity index is 540. The maximum absolute atomic E-state index is 11.9. The van der Waals surface area contributed by atoms with Crippen molar-refractivity contribution in [2.45, 2.75) is 25.8 Å². The van der Waals surface area contributed by atoms with E-state index in [4.69, 9.17) is 10.2 Å². The monoisotopic (exact) mass is 281 g/mol. The summed E-state index contributed by atoms with van der Waals surface area (Å²) < 4.78 is 0. The number of carboxylic acid groups (broad SMARTS) is 2. The van der Waals surface area contributed by atoms with Gasteiger partial charge in [-0.05, 0) is 31.0 Å². The number of nitrogens with one attached hydrogen (secondary N) is 1. The third kappa shape index (κ3) is 4.27. The molecule has 0 heterocycles. The lowest BCUT2D eigenvalue weighted by atomic mass is 10.1. The third-order valence-electron chi connectivity index (χ3n) is 2.65. The molecule has 108 valence electrons. The molecule has 7 heteroatoms. The van der Waals surface area contributed by atoms with Crippen LogP contribution in [-0.2, 0) is 9.59 Å². The fraction of sp³-hybridized carbons (Fsp3) is 0.308. The van der Waals surface area contributed by atoms with Gasteiger partial charge in [0.2, 0.25) is 0 Å². The van der Waals surface area contributed by atoms with Gasteiger partial charge < -0.3 is 20.6 Å². The van der Waals surface area contributed by atoms with E-state index in [1.165, 1.54) is 12.1 Å². The zero-order valence-corrected chi connectivity index (χ0v) is 10.8. The number of rotatable bonds is 6. The Morgan fingerprint density at radius 1 is 1.25 bits per heavy atom. The summed E-state index contributed by atoms with van der Waals surface area (Å²) in [6.45, 7) is 1.73. The number of aromatic hydroxyl groups is 1. The van der Waals surface area contributed by atoms with E-state index in [0.29, 0.717) is 0 Å². The molecule has 7 nitrogen and oxygen atoms in total. The van der Waals surface area contributed by atoms with Gasteiger partial charge >= 0.3 is 11.9 Å². The summed E-state index contributed by atoms with van der Waals surface area (Å²) in [4.78, 5) is 33.2. The second kappa shape index (κ2) is 6.55. The molecule has 0 saturated carbocycles. The number of phenols is 1. The van der Waals surface area contributed by atoms with Crippen LogP contribution in [0.3, 0.4) is 0 Å². The summed E-state index contributed by atoms with van der Waals surface area (Å²) in [5, 5.41) is 29.3. The van der Waals surface area contributed by atoms with Crippen LogP contribution in [0.4, 0.5) is 0 Å². The number of aryl methyl sites for hydroxylation is 1. The molecule has 0 spiro atoms. The molecule has 0 aliphatic heterocycles. The van der Waals surface area contributed by atoms with Gasteiger partial charge in [0.05, 0.1) is 5.56 Å². The van der Waals surface area contributed by atoms with Crippen LogP contribution in [0.15, 0.2) is 18.2 Å². The molecule has 1 atom stereocenters. The van der Waals surface area contributed by atoms with E-state index < -0.39 is 23.9 Å². The molecular weight excluding hydrogens is 266 g/mol. The van der Waals surface area contributed by atoms with Gasteiger partial charge in [-0.1, -0.05) is 6.07 Å². The molecule has 0 unspecified atom stereocenters. The predicted octanol–water partition coefficient (Wildman–Crippen LogP) is 0.748. The highest BCUT2D eigenvalue weighted by Gasteiger charge is 2.22. The molecule has 20 heavy (non-hydrogen) atoms. The van der Waals surface area contributed by atoms with Crippen LogP contribution in [0.5, 0.6) is 5.75 Å². The van der Waals surface area contributed by atoms with E-state index in [9.17, 15) is 19.5 Å². The highest BCUT2D eigenvalue weighted by molar-refractivity contribution is 5.98. The zero-order chi connectivity index (χ0) is 15.3. The fourth-order valence-corrected chi connectivity index (χ4v) is 1.59. The Labute approximate surface area is 114 Å². The Kier molecular flexibility index (Phi) is 5.08. The summed E-state index contributed by atoms with van der Waals surface area (Å²) >= 11 is 0. The number of hydrogen-bond donors (Lipinski definition) is 4. The van der Waals surface area contributed by atoms with Crippen molar-refractivity contribution in [1.29, 1.82) is 0 Å². The molecule has 0 aromatic heterocycles. The maximum Gasteiger partial charge on any atom is 0.326 e. The minimum atomic E-state index is -1.33. The van der Waals surface area contributed by atoms with E-state index in [0.717, 1.165) is 5.56 Å². The average molecular weight is 281 g/mol. The summed E-state index contributed by atoms with van der Waals surface area (Å²) in [7, 11) is 0. The summed E-state index contributed by atoms with van der Waals surface area (Å²) in [6, 6.07) is 3.03. The largest absolute Gasteiger partial charge is 0.507 e. The van der Waals surface area contributed by atoms with Gasteiger partial charge in [-0.2, -0.15) is 0 Å². The van der Waals surface area contributed by atoms with Crippen molar-refractivity contribution in [2.24, 2.45) is 0 Å². The lowest BCUT2D eigenvalue weighted by Crippen LogP contribution is -2.41. The van der Waals surface area contributed by atoms with Crippen molar-refractivity contribution < 1.29 is 29.7 Å². The quantitative estimate of drug-likeness (QED) is 0.610. The molecule has 1 aromatic carbocycles. The van der Waals surface area contributed by atoms with E-state index in [1.807, 2.05) is 0 Å². The number of benzene rings is 1. The molecule has 1 rings (SSSR count). The lowest BCUT2D eigenvalue weighted by molar-refractivity contribution is -0.140. The second-order valence-electron chi connectivity index (χ2n) is 4.32. The Morgan fingerprint density at radius 3 is 2.40 bits per heavy atom. The SMILES string of the molecule is Cc1ccc(C(=O)N[C@@H](CCC(=O)O)C(=O)O)c(O)c1. The van der Waals surface area contributed by atoms with Gasteiger partial charge in [0.15, 0.2) is 0 Å².